The topological polar surface area (TPSA) is 86.8 Å². The third-order valence-electron chi connectivity index (χ3n) is 1.92. The van der Waals surface area contributed by atoms with Crippen molar-refractivity contribution in [2.75, 3.05) is 0 Å². The fourth-order valence-electron chi connectivity index (χ4n) is 1.32. The number of nitrogens with zero attached hydrogens (tertiary/aromatic N) is 2. The van der Waals surface area contributed by atoms with Crippen LogP contribution in [0.25, 0.3) is 10.8 Å². The maximum atomic E-state index is 9.54. The molecule has 0 aliphatic carbocycles. The van der Waals surface area contributed by atoms with Crippen LogP contribution in [0.1, 0.15) is 0 Å². The molecule has 0 fully saturated rings. The molecule has 0 radical (unpaired) electrons. The van der Waals surface area contributed by atoms with Gasteiger partial charge in [0.2, 0.25) is 5.11 Å². The number of thiocarbonyl (C=S) groups is 1. The van der Waals surface area contributed by atoms with Crippen LogP contribution >= 0.6 is 12.2 Å². The van der Waals surface area contributed by atoms with Crippen molar-refractivity contribution in [1.82, 2.24) is 4.98 Å². The van der Waals surface area contributed by atoms with E-state index < -0.39 is 0 Å². The van der Waals surface area contributed by atoms with Gasteiger partial charge in [0.25, 0.3) is 0 Å². The van der Waals surface area contributed by atoms with Gasteiger partial charge in [0, 0.05) is 10.8 Å². The predicted octanol–water partition coefficient (Wildman–Crippen LogP) is 2.20. The van der Waals surface area contributed by atoms with E-state index in [9.17, 15) is 5.11 Å². The molecule has 0 spiro atoms. The van der Waals surface area contributed by atoms with Gasteiger partial charge >= 0.3 is 0 Å². The molecule has 1 heterocycles. The quantitative estimate of drug-likeness (QED) is 0.508. The summed E-state index contributed by atoms with van der Waals surface area (Å²) in [5.41, 5.74) is 5.19. The molecule has 0 aliphatic rings. The molecule has 4 N–H and O–H groups in total. The van der Waals surface area contributed by atoms with Crippen LogP contribution in [0.4, 0.5) is 5.82 Å². The largest absolute Gasteiger partial charge is 0.494 e. The van der Waals surface area contributed by atoms with E-state index in [-0.39, 0.29) is 11.0 Å². The molecular formula is C9H8N4OS. The van der Waals surface area contributed by atoms with Gasteiger partial charge in [-0.2, -0.15) is 0 Å². The summed E-state index contributed by atoms with van der Waals surface area (Å²) in [4.78, 5) is 2.69. The first-order chi connectivity index (χ1) is 7.18. The van der Waals surface area contributed by atoms with E-state index in [1.54, 1.807) is 6.07 Å². The van der Waals surface area contributed by atoms with Gasteiger partial charge in [-0.3, -0.25) is 0 Å². The molecule has 0 saturated heterocycles. The van der Waals surface area contributed by atoms with Crippen molar-refractivity contribution in [3.8, 4) is 5.88 Å². The van der Waals surface area contributed by atoms with Crippen molar-refractivity contribution in [3.05, 3.63) is 24.3 Å². The summed E-state index contributed by atoms with van der Waals surface area (Å²) in [6, 6.07) is 7.26. The van der Waals surface area contributed by atoms with Crippen LogP contribution in [-0.4, -0.2) is 15.2 Å². The normalized spacial score (nSPS) is 11.2. The minimum absolute atomic E-state index is 0.0480. The van der Waals surface area contributed by atoms with E-state index in [0.717, 1.165) is 5.39 Å². The Labute approximate surface area is 90.6 Å². The number of aromatic hydroxyl groups is 1. The Hall–Kier alpha value is -1.95. The lowest BCUT2D eigenvalue weighted by molar-refractivity contribution is 0.463. The summed E-state index contributed by atoms with van der Waals surface area (Å²) >= 11 is 4.57. The third-order valence-corrected chi connectivity index (χ3v) is 2.00. The van der Waals surface area contributed by atoms with Crippen LogP contribution in [0.2, 0.25) is 0 Å². The summed E-state index contributed by atoms with van der Waals surface area (Å²) < 4.78 is 0. The molecule has 0 saturated carbocycles. The molecule has 15 heavy (non-hydrogen) atoms. The molecule has 2 aromatic rings. The Kier molecular flexibility index (Phi) is 2.34. The van der Waals surface area contributed by atoms with Crippen LogP contribution < -0.4 is 5.73 Å². The molecule has 0 atom stereocenters. The summed E-state index contributed by atoms with van der Waals surface area (Å²) in [6.07, 6.45) is 0. The monoisotopic (exact) mass is 220 g/mol. The maximum absolute atomic E-state index is 9.54. The second-order valence-corrected chi connectivity index (χ2v) is 3.32. The number of aromatic nitrogens is 1. The van der Waals surface area contributed by atoms with Gasteiger partial charge in [-0.1, -0.05) is 18.2 Å². The lowest BCUT2D eigenvalue weighted by Gasteiger charge is -1.88. The van der Waals surface area contributed by atoms with Crippen LogP contribution in [0, 0.1) is 0 Å². The van der Waals surface area contributed by atoms with Crippen LogP contribution in [0.15, 0.2) is 34.5 Å². The number of nitrogens with two attached hydrogens (primary N) is 1. The molecule has 0 unspecified atom stereocenters. The number of benzene rings is 1. The van der Waals surface area contributed by atoms with E-state index in [1.807, 2.05) is 18.2 Å². The van der Waals surface area contributed by atoms with Crippen LogP contribution in [0.5, 0.6) is 5.88 Å². The number of hydrogen-bond acceptors (Lipinski definition) is 3. The highest BCUT2D eigenvalue weighted by atomic mass is 32.1. The van der Waals surface area contributed by atoms with Gasteiger partial charge < -0.3 is 15.8 Å². The first kappa shape index (κ1) is 9.60. The van der Waals surface area contributed by atoms with E-state index in [1.165, 1.54) is 0 Å². The third kappa shape index (κ3) is 1.79. The molecule has 0 aliphatic heterocycles. The first-order valence-electron chi connectivity index (χ1n) is 4.19. The highest BCUT2D eigenvalue weighted by Gasteiger charge is 2.07. The molecule has 5 nitrogen and oxygen atoms in total. The molecule has 1 aromatic carbocycles. The highest BCUT2D eigenvalue weighted by Crippen LogP contribution is 2.32. The van der Waals surface area contributed by atoms with Crippen molar-refractivity contribution < 1.29 is 5.11 Å². The fraction of sp³-hybridized carbons (Fsp3) is 0. The van der Waals surface area contributed by atoms with E-state index in [4.69, 9.17) is 5.73 Å². The van der Waals surface area contributed by atoms with E-state index >= 15 is 0 Å². The SMILES string of the molecule is NC(=S)N=Nc1[nH]c(O)c2ccccc12. The number of hydrogen-bond donors (Lipinski definition) is 3. The van der Waals surface area contributed by atoms with E-state index in [0.29, 0.717) is 11.2 Å². The number of rotatable bonds is 1. The first-order valence-corrected chi connectivity index (χ1v) is 4.60. The molecule has 2 rings (SSSR count). The number of fused-ring (bicyclic) bond motifs is 1. The van der Waals surface area contributed by atoms with Gasteiger partial charge in [0.05, 0.1) is 0 Å². The average Bonchev–Trinajstić information content (AvgIpc) is 2.54. The molecule has 0 bridgehead atoms. The molecule has 0 amide bonds. The van der Waals surface area contributed by atoms with Crippen molar-refractivity contribution in [2.45, 2.75) is 0 Å². The summed E-state index contributed by atoms with van der Waals surface area (Å²) in [7, 11) is 0. The predicted molar refractivity (Wildman–Crippen MR) is 61.3 cm³/mol. The lowest BCUT2D eigenvalue weighted by Crippen LogP contribution is -2.01. The summed E-state index contributed by atoms with van der Waals surface area (Å²) in [6.45, 7) is 0. The second kappa shape index (κ2) is 3.66. The fourth-order valence-corrected chi connectivity index (χ4v) is 1.36. The summed E-state index contributed by atoms with van der Waals surface area (Å²) in [5.74, 6) is 0.499. The molecule has 1 aromatic heterocycles. The average molecular weight is 220 g/mol. The van der Waals surface area contributed by atoms with Gasteiger partial charge in [0.15, 0.2) is 11.7 Å². The number of aromatic amines is 1. The molecular weight excluding hydrogens is 212 g/mol. The zero-order valence-corrected chi connectivity index (χ0v) is 8.45. The second-order valence-electron chi connectivity index (χ2n) is 2.91. The van der Waals surface area contributed by atoms with Gasteiger partial charge in [0.1, 0.15) is 0 Å². The Morgan fingerprint density at radius 2 is 2.00 bits per heavy atom. The maximum Gasteiger partial charge on any atom is 0.211 e. The Morgan fingerprint density at radius 3 is 2.67 bits per heavy atom. The highest BCUT2D eigenvalue weighted by molar-refractivity contribution is 7.80. The number of H-pyrrole nitrogens is 1. The molecule has 6 heteroatoms. The van der Waals surface area contributed by atoms with Gasteiger partial charge in [-0.05, 0) is 18.3 Å². The van der Waals surface area contributed by atoms with Crippen molar-refractivity contribution in [1.29, 1.82) is 0 Å². The molecule has 76 valence electrons. The smallest absolute Gasteiger partial charge is 0.211 e. The van der Waals surface area contributed by atoms with Crippen molar-refractivity contribution in [2.24, 2.45) is 16.0 Å². The zero-order chi connectivity index (χ0) is 10.8. The Balaban J connectivity index is 2.57. The Morgan fingerprint density at radius 1 is 1.33 bits per heavy atom. The van der Waals surface area contributed by atoms with Gasteiger partial charge in [-0.15, -0.1) is 10.2 Å². The van der Waals surface area contributed by atoms with Crippen molar-refractivity contribution >= 4 is 33.9 Å². The summed E-state index contributed by atoms with van der Waals surface area (Å²) in [5, 5.41) is 18.3. The Bertz CT molecular complexity index is 546. The van der Waals surface area contributed by atoms with Crippen LogP contribution in [-0.2, 0) is 0 Å². The zero-order valence-electron chi connectivity index (χ0n) is 7.64. The minimum Gasteiger partial charge on any atom is -0.494 e. The standard InChI is InChI=1S/C9H8N4OS/c10-9(15)13-12-7-5-3-1-2-4-6(5)8(14)11-7/h1-4,11,14H,(H2,10,15). The lowest BCUT2D eigenvalue weighted by atomic mass is 10.2. The van der Waals surface area contributed by atoms with E-state index in [2.05, 4.69) is 27.4 Å². The minimum atomic E-state index is -0.0480. The number of azo groups is 1. The van der Waals surface area contributed by atoms with Gasteiger partial charge in [-0.25, -0.2) is 0 Å². The van der Waals surface area contributed by atoms with Crippen molar-refractivity contribution in [3.63, 3.8) is 0 Å². The van der Waals surface area contributed by atoms with Crippen LogP contribution in [0.3, 0.4) is 0 Å². The number of nitrogens with one attached hydrogen (secondary N) is 1.